The van der Waals surface area contributed by atoms with Gasteiger partial charge in [0.2, 0.25) is 5.91 Å². The van der Waals surface area contributed by atoms with Crippen LogP contribution in [0, 0.1) is 5.92 Å². The number of hydrogen-bond acceptors (Lipinski definition) is 4. The summed E-state index contributed by atoms with van der Waals surface area (Å²) in [5.41, 5.74) is 0.676. The summed E-state index contributed by atoms with van der Waals surface area (Å²) in [7, 11) is 0. The van der Waals surface area contributed by atoms with Crippen LogP contribution in [0.4, 0.5) is 5.69 Å². The molecule has 1 N–H and O–H groups in total. The zero-order valence-corrected chi connectivity index (χ0v) is 11.7. The average molecular weight is 297 g/mol. The fourth-order valence-electron chi connectivity index (χ4n) is 2.19. The van der Waals surface area contributed by atoms with E-state index < -0.39 is 0 Å². The summed E-state index contributed by atoms with van der Waals surface area (Å²) < 4.78 is 5.34. The van der Waals surface area contributed by atoms with Crippen molar-refractivity contribution in [3.8, 4) is 0 Å². The quantitative estimate of drug-likeness (QED) is 0.912. The second kappa shape index (κ2) is 5.53. The minimum absolute atomic E-state index is 0.0197. The van der Waals surface area contributed by atoms with Crippen molar-refractivity contribution >= 4 is 40.1 Å². The Kier molecular flexibility index (Phi) is 3.77. The summed E-state index contributed by atoms with van der Waals surface area (Å²) in [6.07, 6.45) is 0.935. The third-order valence-electron chi connectivity index (χ3n) is 3.19. The maximum atomic E-state index is 11.9. The first-order valence-electron chi connectivity index (χ1n) is 6.12. The summed E-state index contributed by atoms with van der Waals surface area (Å²) in [6.45, 7) is 1.40. The lowest BCUT2D eigenvalue weighted by molar-refractivity contribution is -0.119. The SMILES string of the molecule is O=C1NC(=Nc2ccccc2Cl)SC1[C@@H]1CCOC1. The second-order valence-corrected chi connectivity index (χ2v) is 6.06. The van der Waals surface area contributed by atoms with Crippen molar-refractivity contribution in [2.24, 2.45) is 10.9 Å². The van der Waals surface area contributed by atoms with E-state index in [0.717, 1.165) is 13.0 Å². The topological polar surface area (TPSA) is 50.7 Å². The first-order chi connectivity index (χ1) is 9.24. The number of amides is 1. The number of thioether (sulfide) groups is 1. The van der Waals surface area contributed by atoms with Crippen LogP contribution in [0.1, 0.15) is 6.42 Å². The average Bonchev–Trinajstić information content (AvgIpc) is 3.01. The van der Waals surface area contributed by atoms with E-state index in [2.05, 4.69) is 10.3 Å². The van der Waals surface area contributed by atoms with Crippen LogP contribution in [-0.2, 0) is 9.53 Å². The fourth-order valence-corrected chi connectivity index (χ4v) is 3.49. The summed E-state index contributed by atoms with van der Waals surface area (Å²) in [4.78, 5) is 16.4. The first kappa shape index (κ1) is 13.0. The van der Waals surface area contributed by atoms with Crippen LogP contribution in [-0.4, -0.2) is 29.5 Å². The van der Waals surface area contributed by atoms with Crippen molar-refractivity contribution in [3.63, 3.8) is 0 Å². The molecule has 2 atom stereocenters. The number of aliphatic imine (C=N–C) groups is 1. The predicted octanol–water partition coefficient (Wildman–Crippen LogP) is 2.60. The molecule has 3 rings (SSSR count). The normalized spacial score (nSPS) is 28.9. The van der Waals surface area contributed by atoms with Crippen LogP contribution < -0.4 is 5.32 Å². The van der Waals surface area contributed by atoms with Crippen LogP contribution in [0.25, 0.3) is 0 Å². The van der Waals surface area contributed by atoms with E-state index in [4.69, 9.17) is 16.3 Å². The molecule has 0 saturated carbocycles. The summed E-state index contributed by atoms with van der Waals surface area (Å²) in [5, 5.41) is 3.92. The Morgan fingerprint density at radius 2 is 2.26 bits per heavy atom. The highest BCUT2D eigenvalue weighted by atomic mass is 35.5. The maximum absolute atomic E-state index is 11.9. The number of para-hydroxylation sites is 1. The molecule has 1 aromatic rings. The molecular weight excluding hydrogens is 284 g/mol. The van der Waals surface area contributed by atoms with Gasteiger partial charge in [0.15, 0.2) is 5.17 Å². The van der Waals surface area contributed by atoms with E-state index in [1.807, 2.05) is 18.2 Å². The third kappa shape index (κ3) is 2.78. The minimum atomic E-state index is -0.0938. The molecule has 2 saturated heterocycles. The molecule has 2 aliphatic heterocycles. The van der Waals surface area contributed by atoms with Gasteiger partial charge in [-0.25, -0.2) is 4.99 Å². The zero-order chi connectivity index (χ0) is 13.2. The number of carbonyl (C=O) groups excluding carboxylic acids is 1. The van der Waals surface area contributed by atoms with Gasteiger partial charge in [-0.3, -0.25) is 4.79 Å². The van der Waals surface area contributed by atoms with Crippen molar-refractivity contribution in [2.75, 3.05) is 13.2 Å². The van der Waals surface area contributed by atoms with E-state index in [9.17, 15) is 4.79 Å². The van der Waals surface area contributed by atoms with Crippen molar-refractivity contribution in [1.29, 1.82) is 0 Å². The van der Waals surface area contributed by atoms with Gasteiger partial charge >= 0.3 is 0 Å². The van der Waals surface area contributed by atoms with Gasteiger partial charge in [0.1, 0.15) is 0 Å². The predicted molar refractivity (Wildman–Crippen MR) is 77.0 cm³/mol. The molecule has 0 bridgehead atoms. The smallest absolute Gasteiger partial charge is 0.239 e. The first-order valence-corrected chi connectivity index (χ1v) is 7.38. The molecule has 0 aliphatic carbocycles. The number of nitrogens with one attached hydrogen (secondary N) is 1. The molecule has 6 heteroatoms. The fraction of sp³-hybridized carbons (Fsp3) is 0.385. The van der Waals surface area contributed by atoms with Crippen molar-refractivity contribution < 1.29 is 9.53 Å². The largest absolute Gasteiger partial charge is 0.381 e. The standard InChI is InChI=1S/C13H13ClN2O2S/c14-9-3-1-2-4-10(9)15-13-16-12(17)11(19-13)8-5-6-18-7-8/h1-4,8,11H,5-7H2,(H,15,16,17)/t8-,11?/m1/s1. The van der Waals surface area contributed by atoms with Crippen LogP contribution >= 0.6 is 23.4 Å². The van der Waals surface area contributed by atoms with Gasteiger partial charge in [-0.1, -0.05) is 35.5 Å². The Morgan fingerprint density at radius 3 is 3.00 bits per heavy atom. The number of benzene rings is 1. The maximum Gasteiger partial charge on any atom is 0.239 e. The molecule has 0 aromatic heterocycles. The van der Waals surface area contributed by atoms with Crippen molar-refractivity contribution in [3.05, 3.63) is 29.3 Å². The van der Waals surface area contributed by atoms with Crippen LogP contribution in [0.5, 0.6) is 0 Å². The van der Waals surface area contributed by atoms with E-state index >= 15 is 0 Å². The number of ether oxygens (including phenoxy) is 1. The van der Waals surface area contributed by atoms with E-state index in [0.29, 0.717) is 22.5 Å². The number of carbonyl (C=O) groups is 1. The number of amidine groups is 1. The molecule has 2 aliphatic rings. The molecule has 19 heavy (non-hydrogen) atoms. The van der Waals surface area contributed by atoms with Crippen LogP contribution in [0.15, 0.2) is 29.3 Å². The summed E-state index contributed by atoms with van der Waals surface area (Å²) >= 11 is 7.52. The molecule has 1 amide bonds. The number of rotatable bonds is 2. The van der Waals surface area contributed by atoms with E-state index in [1.165, 1.54) is 11.8 Å². The van der Waals surface area contributed by atoms with Crippen LogP contribution in [0.2, 0.25) is 5.02 Å². The Morgan fingerprint density at radius 1 is 1.42 bits per heavy atom. The summed E-state index contributed by atoms with van der Waals surface area (Å²) in [6, 6.07) is 7.33. The number of nitrogens with zero attached hydrogens (tertiary/aromatic N) is 1. The molecule has 1 aromatic carbocycles. The highest BCUT2D eigenvalue weighted by molar-refractivity contribution is 8.15. The van der Waals surface area contributed by atoms with Crippen LogP contribution in [0.3, 0.4) is 0 Å². The van der Waals surface area contributed by atoms with E-state index in [1.54, 1.807) is 6.07 Å². The van der Waals surface area contributed by atoms with Gasteiger partial charge in [-0.2, -0.15) is 0 Å². The second-order valence-electron chi connectivity index (χ2n) is 4.52. The molecule has 2 heterocycles. The molecular formula is C13H13ClN2O2S. The van der Waals surface area contributed by atoms with Crippen molar-refractivity contribution in [2.45, 2.75) is 11.7 Å². The summed E-state index contributed by atoms with van der Waals surface area (Å²) in [5.74, 6) is 0.301. The highest BCUT2D eigenvalue weighted by Gasteiger charge is 2.38. The Hall–Kier alpha value is -1.04. The Balaban J connectivity index is 1.77. The Bertz CT molecular complexity index is 529. The van der Waals surface area contributed by atoms with Gasteiger partial charge in [0.25, 0.3) is 0 Å². The third-order valence-corrected chi connectivity index (χ3v) is 4.78. The molecule has 2 fully saturated rings. The van der Waals surface area contributed by atoms with E-state index in [-0.39, 0.29) is 17.1 Å². The minimum Gasteiger partial charge on any atom is -0.381 e. The monoisotopic (exact) mass is 296 g/mol. The number of halogens is 1. The lowest BCUT2D eigenvalue weighted by Gasteiger charge is -2.10. The molecule has 4 nitrogen and oxygen atoms in total. The van der Waals surface area contributed by atoms with Crippen molar-refractivity contribution in [1.82, 2.24) is 5.32 Å². The molecule has 1 unspecified atom stereocenters. The van der Waals surface area contributed by atoms with Gasteiger partial charge < -0.3 is 10.1 Å². The lowest BCUT2D eigenvalue weighted by atomic mass is 10.0. The van der Waals surface area contributed by atoms with Gasteiger partial charge in [0, 0.05) is 12.5 Å². The molecule has 0 radical (unpaired) electrons. The zero-order valence-electron chi connectivity index (χ0n) is 10.1. The van der Waals surface area contributed by atoms with Gasteiger partial charge in [-0.05, 0) is 18.6 Å². The highest BCUT2D eigenvalue weighted by Crippen LogP contribution is 2.33. The molecule has 0 spiro atoms. The lowest BCUT2D eigenvalue weighted by Crippen LogP contribution is -2.30. The molecule has 100 valence electrons. The van der Waals surface area contributed by atoms with Gasteiger partial charge in [-0.15, -0.1) is 0 Å². The van der Waals surface area contributed by atoms with Gasteiger partial charge in [0.05, 0.1) is 22.6 Å². The Labute approximate surface area is 120 Å². The number of hydrogen-bond donors (Lipinski definition) is 1.